The van der Waals surface area contributed by atoms with Gasteiger partial charge in [0.2, 0.25) is 11.9 Å². The third-order valence-electron chi connectivity index (χ3n) is 5.42. The molecule has 0 saturated heterocycles. The van der Waals surface area contributed by atoms with Crippen LogP contribution >= 0.6 is 0 Å². The van der Waals surface area contributed by atoms with Gasteiger partial charge in [-0.15, -0.1) is 0 Å². The van der Waals surface area contributed by atoms with Crippen molar-refractivity contribution in [2.45, 2.75) is 32.4 Å². The molecule has 2 heterocycles. The molecule has 2 aliphatic heterocycles. The number of ether oxygens (including phenoxy) is 1. The Balaban J connectivity index is 1.65. The lowest BCUT2D eigenvalue weighted by Gasteiger charge is -2.38. The smallest absolute Gasteiger partial charge is 0.353 e. The van der Waals surface area contributed by atoms with Gasteiger partial charge in [0.15, 0.2) is 0 Å². The number of nitrogens with one attached hydrogen (secondary N) is 1. The van der Waals surface area contributed by atoms with E-state index in [1.165, 1.54) is 12.1 Å². The van der Waals surface area contributed by atoms with Crippen LogP contribution in [0.15, 0.2) is 57.7 Å². The van der Waals surface area contributed by atoms with Crippen molar-refractivity contribution in [3.8, 4) is 0 Å². The number of fused-ring (bicyclic) bond motifs is 1. The number of amides is 2. The van der Waals surface area contributed by atoms with Crippen LogP contribution in [0.25, 0.3) is 0 Å². The Kier molecular flexibility index (Phi) is 5.08. The Morgan fingerprint density at radius 3 is 2.72 bits per heavy atom. The summed E-state index contributed by atoms with van der Waals surface area (Å²) in [6, 6.07) is 5.88. The summed E-state index contributed by atoms with van der Waals surface area (Å²) in [5, 5.41) is 3.41. The molecule has 3 aliphatic rings. The van der Waals surface area contributed by atoms with E-state index in [0.29, 0.717) is 25.0 Å². The average molecular weight is 397 g/mol. The lowest BCUT2D eigenvalue weighted by Crippen LogP contribution is -2.58. The number of urea groups is 1. The molecule has 29 heavy (non-hydrogen) atoms. The molecule has 0 aromatic heterocycles. The summed E-state index contributed by atoms with van der Waals surface area (Å²) in [6.45, 7) is 4.86. The first kappa shape index (κ1) is 19.2. The highest BCUT2D eigenvalue weighted by Crippen LogP contribution is 2.31. The van der Waals surface area contributed by atoms with Crippen LogP contribution in [0.4, 0.5) is 9.18 Å². The van der Waals surface area contributed by atoms with Gasteiger partial charge in [-0.3, -0.25) is 9.80 Å². The lowest BCUT2D eigenvalue weighted by molar-refractivity contribution is 0.224. The Bertz CT molecular complexity index is 935. The molecule has 1 N–H and O–H groups in total. The number of carbonyl (C=O) groups is 1. The number of carbonyl (C=O) groups excluding carboxylic acids is 1. The molecule has 0 fully saturated rings. The number of nitrogens with zero attached hydrogens (tertiary/aromatic N) is 4. The van der Waals surface area contributed by atoms with E-state index in [-0.39, 0.29) is 23.9 Å². The lowest BCUT2D eigenvalue weighted by atomic mass is 9.99. The van der Waals surface area contributed by atoms with E-state index < -0.39 is 0 Å². The van der Waals surface area contributed by atoms with Crippen molar-refractivity contribution in [3.63, 3.8) is 0 Å². The van der Waals surface area contributed by atoms with Gasteiger partial charge in [-0.1, -0.05) is 12.1 Å². The van der Waals surface area contributed by atoms with Crippen molar-refractivity contribution in [2.75, 3.05) is 20.2 Å². The number of methoxy groups -OCH3 is 1. The van der Waals surface area contributed by atoms with Crippen molar-refractivity contribution in [1.29, 1.82) is 0 Å². The normalized spacial score (nSPS) is 23.8. The number of hydrogen-bond acceptors (Lipinski definition) is 5. The first-order valence-electron chi connectivity index (χ1n) is 9.70. The molecule has 2 amide bonds. The zero-order valence-corrected chi connectivity index (χ0v) is 16.7. The number of allylic oxidation sites excluding steroid dienone is 1. The molecule has 152 valence electrons. The summed E-state index contributed by atoms with van der Waals surface area (Å²) < 4.78 is 18.7. The standard InChI is InChI=1S/C21H24FN5O2/c1-4-26-20-23-12-18(14-5-7-15(22)8-6-14)27(20)19(25-21(26)28)24-17-10-9-16(29-3)11-13(17)2/h5-9,11,17-18H,4,10,12H2,1-3H3,(H,24,25,28). The van der Waals surface area contributed by atoms with Gasteiger partial charge in [0.05, 0.1) is 25.7 Å². The Hall–Kier alpha value is -3.16. The Morgan fingerprint density at radius 1 is 1.31 bits per heavy atom. The van der Waals surface area contributed by atoms with Crippen LogP contribution < -0.4 is 5.32 Å². The zero-order valence-electron chi connectivity index (χ0n) is 16.7. The minimum Gasteiger partial charge on any atom is -0.497 e. The summed E-state index contributed by atoms with van der Waals surface area (Å²) in [5.74, 6) is 1.59. The number of guanidine groups is 2. The van der Waals surface area contributed by atoms with Gasteiger partial charge in [0.25, 0.3) is 0 Å². The Labute approximate surface area is 169 Å². The Morgan fingerprint density at radius 2 is 2.07 bits per heavy atom. The topological polar surface area (TPSA) is 69.5 Å². The van der Waals surface area contributed by atoms with Gasteiger partial charge in [0, 0.05) is 6.54 Å². The van der Waals surface area contributed by atoms with E-state index in [0.717, 1.165) is 23.3 Å². The summed E-state index contributed by atoms with van der Waals surface area (Å²) in [5.41, 5.74) is 2.01. The van der Waals surface area contributed by atoms with E-state index in [1.54, 1.807) is 24.1 Å². The molecule has 0 saturated carbocycles. The van der Waals surface area contributed by atoms with E-state index in [4.69, 9.17) is 4.74 Å². The van der Waals surface area contributed by atoms with Crippen molar-refractivity contribution in [2.24, 2.45) is 9.98 Å². The van der Waals surface area contributed by atoms with Crippen molar-refractivity contribution in [3.05, 3.63) is 59.1 Å². The molecular formula is C21H24FN5O2. The molecule has 1 aromatic rings. The van der Waals surface area contributed by atoms with Gasteiger partial charge >= 0.3 is 6.03 Å². The first-order valence-corrected chi connectivity index (χ1v) is 9.70. The third kappa shape index (κ3) is 3.50. The molecule has 8 heteroatoms. The largest absolute Gasteiger partial charge is 0.497 e. The number of halogens is 1. The van der Waals surface area contributed by atoms with Crippen LogP contribution in [0.1, 0.15) is 31.9 Å². The highest BCUT2D eigenvalue weighted by Gasteiger charge is 2.41. The molecule has 0 radical (unpaired) electrons. The summed E-state index contributed by atoms with van der Waals surface area (Å²) in [6.07, 6.45) is 4.70. The molecule has 2 unspecified atom stereocenters. The van der Waals surface area contributed by atoms with Gasteiger partial charge in [-0.05, 0) is 55.7 Å². The van der Waals surface area contributed by atoms with Crippen LogP contribution in [0.3, 0.4) is 0 Å². The summed E-state index contributed by atoms with van der Waals surface area (Å²) >= 11 is 0. The fourth-order valence-corrected chi connectivity index (χ4v) is 3.81. The van der Waals surface area contributed by atoms with Crippen LogP contribution in [0.2, 0.25) is 0 Å². The summed E-state index contributed by atoms with van der Waals surface area (Å²) in [4.78, 5) is 25.0. The third-order valence-corrected chi connectivity index (χ3v) is 5.42. The predicted octanol–water partition coefficient (Wildman–Crippen LogP) is 3.19. The second-order valence-electron chi connectivity index (χ2n) is 7.17. The second-order valence-corrected chi connectivity index (χ2v) is 7.17. The first-order chi connectivity index (χ1) is 14.0. The minimum absolute atomic E-state index is 0.00987. The van der Waals surface area contributed by atoms with Crippen LogP contribution in [0.5, 0.6) is 0 Å². The van der Waals surface area contributed by atoms with E-state index >= 15 is 0 Å². The molecule has 7 nitrogen and oxygen atoms in total. The van der Waals surface area contributed by atoms with Gasteiger partial charge in [-0.2, -0.15) is 4.99 Å². The van der Waals surface area contributed by atoms with E-state index in [2.05, 4.69) is 15.3 Å². The van der Waals surface area contributed by atoms with Crippen LogP contribution in [-0.4, -0.2) is 54.0 Å². The van der Waals surface area contributed by atoms with Gasteiger partial charge < -0.3 is 10.1 Å². The van der Waals surface area contributed by atoms with Crippen molar-refractivity contribution >= 4 is 18.0 Å². The summed E-state index contributed by atoms with van der Waals surface area (Å²) in [7, 11) is 1.65. The van der Waals surface area contributed by atoms with E-state index in [9.17, 15) is 9.18 Å². The minimum atomic E-state index is -0.338. The molecule has 1 aliphatic carbocycles. The number of aliphatic imine (C=N–C) groups is 2. The number of hydrogen-bond donors (Lipinski definition) is 1. The molecule has 0 spiro atoms. The fourth-order valence-electron chi connectivity index (χ4n) is 3.81. The van der Waals surface area contributed by atoms with Gasteiger partial charge in [-0.25, -0.2) is 14.2 Å². The molecule has 1 aromatic carbocycles. The van der Waals surface area contributed by atoms with Crippen molar-refractivity contribution < 1.29 is 13.9 Å². The van der Waals surface area contributed by atoms with E-state index in [1.807, 2.05) is 30.9 Å². The monoisotopic (exact) mass is 397 g/mol. The zero-order chi connectivity index (χ0) is 20.5. The van der Waals surface area contributed by atoms with Crippen molar-refractivity contribution in [1.82, 2.24) is 15.1 Å². The van der Waals surface area contributed by atoms with Crippen LogP contribution in [-0.2, 0) is 4.74 Å². The number of benzene rings is 1. The number of rotatable bonds is 4. The fraction of sp³-hybridized carbons (Fsp3) is 0.381. The molecule has 0 bridgehead atoms. The van der Waals surface area contributed by atoms with Gasteiger partial charge in [0.1, 0.15) is 11.6 Å². The molecular weight excluding hydrogens is 373 g/mol. The highest BCUT2D eigenvalue weighted by molar-refractivity contribution is 6.14. The predicted molar refractivity (Wildman–Crippen MR) is 109 cm³/mol. The average Bonchev–Trinajstić information content (AvgIpc) is 3.15. The maximum Gasteiger partial charge on any atom is 0.353 e. The quantitative estimate of drug-likeness (QED) is 0.847. The van der Waals surface area contributed by atoms with Crippen LogP contribution in [0, 0.1) is 5.82 Å². The maximum absolute atomic E-state index is 13.4. The molecule has 4 rings (SSSR count). The highest BCUT2D eigenvalue weighted by atomic mass is 19.1. The second kappa shape index (κ2) is 7.69. The molecule has 2 atom stereocenters. The maximum atomic E-state index is 13.4. The SMILES string of the molecule is CCN1C(=O)N=C(NC2CC=C(OC)C=C2C)N2C1=NCC2c1ccc(F)cc1.